The fourth-order valence-corrected chi connectivity index (χ4v) is 2.00. The van der Waals surface area contributed by atoms with Gasteiger partial charge in [0.25, 0.3) is 0 Å². The van der Waals surface area contributed by atoms with E-state index in [0.717, 1.165) is 24.4 Å². The molecule has 1 aliphatic heterocycles. The zero-order chi connectivity index (χ0) is 13.1. The highest BCUT2D eigenvalue weighted by Crippen LogP contribution is 2.19. The zero-order valence-corrected chi connectivity index (χ0v) is 10.4. The van der Waals surface area contributed by atoms with Gasteiger partial charge in [-0.3, -0.25) is 9.69 Å². The van der Waals surface area contributed by atoms with Crippen LogP contribution in [-0.4, -0.2) is 48.3 Å². The van der Waals surface area contributed by atoms with Gasteiger partial charge >= 0.3 is 5.97 Å². The average Bonchev–Trinajstić information content (AvgIpc) is 2.27. The maximum atomic E-state index is 10.7. The third kappa shape index (κ3) is 3.21. The second-order valence-electron chi connectivity index (χ2n) is 4.76. The Kier molecular flexibility index (Phi) is 3.84. The van der Waals surface area contributed by atoms with Crippen LogP contribution in [0.4, 0.5) is 0 Å². The SMILES string of the molecule is CN1CC(Oc2cccc(CC(N)C(=O)O)c2)C1. The Balaban J connectivity index is 1.94. The number of likely N-dealkylation sites (tertiary alicyclic amines) is 1. The first-order valence-electron chi connectivity index (χ1n) is 5.97. The minimum absolute atomic E-state index is 0.235. The van der Waals surface area contributed by atoms with Crippen molar-refractivity contribution in [3.8, 4) is 5.75 Å². The summed E-state index contributed by atoms with van der Waals surface area (Å²) in [5.41, 5.74) is 6.39. The van der Waals surface area contributed by atoms with E-state index in [2.05, 4.69) is 4.90 Å². The topological polar surface area (TPSA) is 75.8 Å². The fraction of sp³-hybridized carbons (Fsp3) is 0.462. The van der Waals surface area contributed by atoms with Crippen LogP contribution in [0.2, 0.25) is 0 Å². The van der Waals surface area contributed by atoms with Gasteiger partial charge in [0.1, 0.15) is 17.9 Å². The van der Waals surface area contributed by atoms with Gasteiger partial charge in [-0.2, -0.15) is 0 Å². The summed E-state index contributed by atoms with van der Waals surface area (Å²) in [5.74, 6) is -0.204. The fourth-order valence-electron chi connectivity index (χ4n) is 2.00. The molecule has 0 saturated carbocycles. The lowest BCUT2D eigenvalue weighted by Gasteiger charge is -2.36. The molecule has 18 heavy (non-hydrogen) atoms. The second-order valence-corrected chi connectivity index (χ2v) is 4.76. The van der Waals surface area contributed by atoms with Gasteiger partial charge < -0.3 is 15.6 Å². The van der Waals surface area contributed by atoms with Crippen LogP contribution >= 0.6 is 0 Å². The number of hydrogen-bond donors (Lipinski definition) is 2. The van der Waals surface area contributed by atoms with E-state index in [-0.39, 0.29) is 6.10 Å². The van der Waals surface area contributed by atoms with Crippen molar-refractivity contribution in [2.24, 2.45) is 5.73 Å². The van der Waals surface area contributed by atoms with Crippen molar-refractivity contribution < 1.29 is 14.6 Å². The molecule has 5 nitrogen and oxygen atoms in total. The van der Waals surface area contributed by atoms with Crippen molar-refractivity contribution in [2.75, 3.05) is 20.1 Å². The van der Waals surface area contributed by atoms with Gasteiger partial charge in [0.15, 0.2) is 0 Å². The lowest BCUT2D eigenvalue weighted by molar-refractivity contribution is -0.138. The quantitative estimate of drug-likeness (QED) is 0.788. The zero-order valence-electron chi connectivity index (χ0n) is 10.4. The standard InChI is InChI=1S/C13H18N2O3/c1-15-7-11(8-15)18-10-4-2-3-9(5-10)6-12(14)13(16)17/h2-5,11-12H,6-8,14H2,1H3,(H,16,17). The van der Waals surface area contributed by atoms with Gasteiger partial charge in [-0.1, -0.05) is 12.1 Å². The summed E-state index contributed by atoms with van der Waals surface area (Å²) in [6.45, 7) is 1.86. The Morgan fingerprint density at radius 2 is 2.33 bits per heavy atom. The van der Waals surface area contributed by atoms with E-state index in [4.69, 9.17) is 15.6 Å². The van der Waals surface area contributed by atoms with E-state index in [1.165, 1.54) is 0 Å². The monoisotopic (exact) mass is 250 g/mol. The summed E-state index contributed by atoms with van der Waals surface area (Å²) in [7, 11) is 2.04. The van der Waals surface area contributed by atoms with Crippen molar-refractivity contribution in [2.45, 2.75) is 18.6 Å². The molecule has 0 aromatic heterocycles. The van der Waals surface area contributed by atoms with Crippen LogP contribution in [0.3, 0.4) is 0 Å². The molecule has 0 radical (unpaired) electrons. The highest BCUT2D eigenvalue weighted by atomic mass is 16.5. The molecule has 1 aromatic carbocycles. The number of carboxylic acid groups (broad SMARTS) is 1. The molecule has 1 saturated heterocycles. The number of rotatable bonds is 5. The minimum Gasteiger partial charge on any atom is -0.488 e. The summed E-state index contributed by atoms with van der Waals surface area (Å²) in [5, 5.41) is 8.77. The third-order valence-corrected chi connectivity index (χ3v) is 3.00. The van der Waals surface area contributed by atoms with Crippen molar-refractivity contribution in [3.63, 3.8) is 0 Å². The molecule has 1 atom stereocenters. The van der Waals surface area contributed by atoms with E-state index < -0.39 is 12.0 Å². The molecular formula is C13H18N2O3. The smallest absolute Gasteiger partial charge is 0.320 e. The van der Waals surface area contributed by atoms with Gasteiger partial charge in [0.2, 0.25) is 0 Å². The van der Waals surface area contributed by atoms with Crippen LogP contribution in [0.25, 0.3) is 0 Å². The molecule has 98 valence electrons. The Morgan fingerprint density at radius 3 is 2.94 bits per heavy atom. The Hall–Kier alpha value is -1.59. The van der Waals surface area contributed by atoms with Gasteiger partial charge in [0, 0.05) is 13.1 Å². The number of carbonyl (C=O) groups is 1. The number of aliphatic carboxylic acids is 1. The lowest BCUT2D eigenvalue weighted by atomic mass is 10.1. The molecule has 0 amide bonds. The Bertz CT molecular complexity index is 430. The molecular weight excluding hydrogens is 232 g/mol. The molecule has 0 aliphatic carbocycles. The van der Waals surface area contributed by atoms with Crippen LogP contribution in [0.5, 0.6) is 5.75 Å². The van der Waals surface area contributed by atoms with Crippen molar-refractivity contribution in [1.82, 2.24) is 4.90 Å². The normalized spacial score (nSPS) is 18.1. The van der Waals surface area contributed by atoms with Crippen molar-refractivity contribution in [3.05, 3.63) is 29.8 Å². The number of nitrogens with zero attached hydrogens (tertiary/aromatic N) is 1. The predicted molar refractivity (Wildman–Crippen MR) is 67.7 cm³/mol. The third-order valence-electron chi connectivity index (χ3n) is 3.00. The van der Waals surface area contributed by atoms with Crippen molar-refractivity contribution in [1.29, 1.82) is 0 Å². The molecule has 1 heterocycles. The van der Waals surface area contributed by atoms with Crippen LogP contribution in [0.15, 0.2) is 24.3 Å². The Morgan fingerprint density at radius 1 is 1.61 bits per heavy atom. The van der Waals surface area contributed by atoms with Crippen LogP contribution in [-0.2, 0) is 11.2 Å². The number of likely N-dealkylation sites (N-methyl/N-ethyl adjacent to an activating group) is 1. The Labute approximate surface area is 106 Å². The van der Waals surface area contributed by atoms with E-state index in [9.17, 15) is 4.79 Å². The predicted octanol–water partition coefficient (Wildman–Crippen LogP) is 0.334. The van der Waals surface area contributed by atoms with Crippen molar-refractivity contribution >= 4 is 5.97 Å². The average molecular weight is 250 g/mol. The molecule has 1 unspecified atom stereocenters. The highest BCUT2D eigenvalue weighted by Gasteiger charge is 2.24. The van der Waals surface area contributed by atoms with Crippen LogP contribution < -0.4 is 10.5 Å². The maximum Gasteiger partial charge on any atom is 0.320 e. The van der Waals surface area contributed by atoms with E-state index >= 15 is 0 Å². The first-order valence-corrected chi connectivity index (χ1v) is 5.97. The summed E-state index contributed by atoms with van der Waals surface area (Å²) in [6, 6.07) is 6.61. The molecule has 0 bridgehead atoms. The molecule has 1 fully saturated rings. The highest BCUT2D eigenvalue weighted by molar-refractivity contribution is 5.73. The number of nitrogens with two attached hydrogens (primary N) is 1. The molecule has 1 aliphatic rings. The number of ether oxygens (including phenoxy) is 1. The largest absolute Gasteiger partial charge is 0.488 e. The van der Waals surface area contributed by atoms with Gasteiger partial charge in [-0.15, -0.1) is 0 Å². The lowest BCUT2D eigenvalue weighted by Crippen LogP contribution is -2.51. The van der Waals surface area contributed by atoms with E-state index in [0.29, 0.717) is 6.42 Å². The number of carboxylic acids is 1. The van der Waals surface area contributed by atoms with E-state index in [1.807, 2.05) is 31.3 Å². The first kappa shape index (κ1) is 12.9. The number of benzene rings is 1. The van der Waals surface area contributed by atoms with Gasteiger partial charge in [0.05, 0.1) is 0 Å². The van der Waals surface area contributed by atoms with E-state index in [1.54, 1.807) is 0 Å². The molecule has 5 heteroatoms. The molecule has 1 aromatic rings. The minimum atomic E-state index is -0.984. The second kappa shape index (κ2) is 5.37. The number of hydrogen-bond acceptors (Lipinski definition) is 4. The molecule has 0 spiro atoms. The maximum absolute atomic E-state index is 10.7. The summed E-state index contributed by atoms with van der Waals surface area (Å²) < 4.78 is 5.77. The summed E-state index contributed by atoms with van der Waals surface area (Å²) >= 11 is 0. The molecule has 2 rings (SSSR count). The van der Waals surface area contributed by atoms with Gasteiger partial charge in [-0.05, 0) is 31.2 Å². The van der Waals surface area contributed by atoms with Crippen LogP contribution in [0.1, 0.15) is 5.56 Å². The molecule has 3 N–H and O–H groups in total. The summed E-state index contributed by atoms with van der Waals surface area (Å²) in [6.07, 6.45) is 0.551. The first-order chi connectivity index (χ1) is 8.54. The summed E-state index contributed by atoms with van der Waals surface area (Å²) in [4.78, 5) is 12.9. The van der Waals surface area contributed by atoms with Crippen LogP contribution in [0, 0.1) is 0 Å². The van der Waals surface area contributed by atoms with Gasteiger partial charge in [-0.25, -0.2) is 0 Å².